The maximum atomic E-state index is 13.7. The first-order valence-corrected chi connectivity index (χ1v) is 12.7. The highest BCUT2D eigenvalue weighted by atomic mass is 35.5. The first-order valence-electron chi connectivity index (χ1n) is 12.0. The van der Waals surface area contributed by atoms with E-state index >= 15 is 0 Å². The molecule has 12 heteroatoms. The van der Waals surface area contributed by atoms with Crippen molar-refractivity contribution < 1.29 is 19.1 Å². The van der Waals surface area contributed by atoms with Crippen molar-refractivity contribution in [2.24, 2.45) is 5.73 Å². The average molecular weight is 569 g/mol. The average Bonchev–Trinajstić information content (AvgIpc) is 3.52. The van der Waals surface area contributed by atoms with Crippen molar-refractivity contribution in [2.45, 2.75) is 32.9 Å². The fourth-order valence-electron chi connectivity index (χ4n) is 4.34. The van der Waals surface area contributed by atoms with E-state index < -0.39 is 11.6 Å². The van der Waals surface area contributed by atoms with Crippen molar-refractivity contribution in [1.82, 2.24) is 24.5 Å². The van der Waals surface area contributed by atoms with Crippen LogP contribution in [0.4, 0.5) is 4.79 Å². The number of ether oxygens (including phenoxy) is 2. The summed E-state index contributed by atoms with van der Waals surface area (Å²) in [5, 5.41) is 9.64. The molecule has 0 spiro atoms. The van der Waals surface area contributed by atoms with Crippen LogP contribution in [0, 0.1) is 0 Å². The molecular weight excluding hydrogens is 543 g/mol. The molecule has 2 aromatic heterocycles. The number of carbonyl (C=O) groups excluding carboxylic acids is 2. The lowest BCUT2D eigenvalue weighted by atomic mass is 9.96. The molecule has 1 aliphatic heterocycles. The number of primary amides is 1. The summed E-state index contributed by atoms with van der Waals surface area (Å²) in [6, 6.07) is 7.95. The molecule has 0 aliphatic carbocycles. The van der Waals surface area contributed by atoms with E-state index in [4.69, 9.17) is 43.5 Å². The summed E-state index contributed by atoms with van der Waals surface area (Å²) in [5.74, 6) is 0.777. The van der Waals surface area contributed by atoms with Gasteiger partial charge in [0.05, 0.1) is 24.7 Å². The Morgan fingerprint density at radius 2 is 1.79 bits per heavy atom. The van der Waals surface area contributed by atoms with E-state index in [1.54, 1.807) is 40.9 Å². The van der Waals surface area contributed by atoms with E-state index in [0.29, 0.717) is 55.2 Å². The number of hydrogen-bond donors (Lipinski definition) is 1. The Labute approximate surface area is 234 Å². The fraction of sp³-hybridized carbons (Fsp3) is 0.259. The first-order chi connectivity index (χ1) is 18.4. The molecule has 0 atom stereocenters. The molecular formula is C27H26Cl2N6O4. The Kier molecular flexibility index (Phi) is 6.56. The van der Waals surface area contributed by atoms with Gasteiger partial charge in [0.15, 0.2) is 5.69 Å². The minimum Gasteiger partial charge on any atom is -0.496 e. The van der Waals surface area contributed by atoms with Gasteiger partial charge in [-0.2, -0.15) is 14.9 Å². The Morgan fingerprint density at radius 1 is 1.10 bits per heavy atom. The molecule has 3 heterocycles. The quantitative estimate of drug-likeness (QED) is 0.351. The van der Waals surface area contributed by atoms with Crippen LogP contribution in [0.2, 0.25) is 10.0 Å². The van der Waals surface area contributed by atoms with Crippen LogP contribution < -0.4 is 15.2 Å². The molecule has 2 amide bonds. The van der Waals surface area contributed by atoms with E-state index in [-0.39, 0.29) is 18.2 Å². The zero-order chi connectivity index (χ0) is 28.2. The molecule has 4 aromatic rings. The predicted octanol–water partition coefficient (Wildman–Crippen LogP) is 5.41. The molecule has 202 valence electrons. The molecule has 0 saturated heterocycles. The summed E-state index contributed by atoms with van der Waals surface area (Å²) < 4.78 is 14.4. The predicted molar refractivity (Wildman–Crippen MR) is 148 cm³/mol. The largest absolute Gasteiger partial charge is 0.496 e. The number of nitrogens with zero attached hydrogens (tertiary/aromatic N) is 5. The monoisotopic (exact) mass is 568 g/mol. The third kappa shape index (κ3) is 4.70. The van der Waals surface area contributed by atoms with Gasteiger partial charge < -0.3 is 20.1 Å². The van der Waals surface area contributed by atoms with Crippen molar-refractivity contribution in [3.63, 3.8) is 0 Å². The zero-order valence-corrected chi connectivity index (χ0v) is 23.5. The normalized spacial score (nSPS) is 12.4. The third-order valence-electron chi connectivity index (χ3n) is 6.64. The van der Waals surface area contributed by atoms with Crippen molar-refractivity contribution in [3.8, 4) is 39.6 Å². The molecule has 0 bridgehead atoms. The highest BCUT2D eigenvalue weighted by Crippen LogP contribution is 2.46. The van der Waals surface area contributed by atoms with E-state index in [2.05, 4.69) is 5.10 Å². The number of aromatic nitrogens is 4. The number of benzene rings is 2. The summed E-state index contributed by atoms with van der Waals surface area (Å²) in [6.07, 6.45) is 3.03. The highest BCUT2D eigenvalue weighted by Gasteiger charge is 2.34. The summed E-state index contributed by atoms with van der Waals surface area (Å²) in [5.41, 5.74) is 8.92. The number of amides is 2. The second-order valence-electron chi connectivity index (χ2n) is 10.1. The SMILES string of the molecule is COc1cc2c(cc1-c1cnn(C(N)=O)c1)-c1c(c(C(=O)N(C)C(C)(C)C)nn1-c1cc(Cl)cc(Cl)c1)CO2. The van der Waals surface area contributed by atoms with E-state index in [0.717, 1.165) is 4.68 Å². The standard InChI is InChI=1S/C27H26Cl2N6O4/c1-27(2,3)33(4)25(36)23-20-13-39-22-10-21(38-5)18(14-11-31-34(12-14)26(30)37)9-19(22)24(20)35(32-23)17-7-15(28)6-16(29)8-17/h6-12H,13H2,1-5H3,(H2,30,37). The van der Waals surface area contributed by atoms with Gasteiger partial charge in [0.2, 0.25) is 0 Å². The number of fused-ring (bicyclic) bond motifs is 3. The van der Waals surface area contributed by atoms with Gasteiger partial charge >= 0.3 is 6.03 Å². The number of methoxy groups -OCH3 is 1. The molecule has 2 N–H and O–H groups in total. The Morgan fingerprint density at radius 3 is 2.38 bits per heavy atom. The van der Waals surface area contributed by atoms with E-state index in [1.807, 2.05) is 26.8 Å². The molecule has 0 unspecified atom stereocenters. The van der Waals surface area contributed by atoms with Crippen LogP contribution >= 0.6 is 23.2 Å². The Bertz CT molecular complexity index is 1620. The van der Waals surface area contributed by atoms with Gasteiger partial charge in [-0.25, -0.2) is 9.48 Å². The third-order valence-corrected chi connectivity index (χ3v) is 7.07. The van der Waals surface area contributed by atoms with Crippen LogP contribution in [-0.2, 0) is 6.61 Å². The minimum atomic E-state index is -0.717. The highest BCUT2D eigenvalue weighted by molar-refractivity contribution is 6.34. The van der Waals surface area contributed by atoms with Gasteiger partial charge in [-0.15, -0.1) is 0 Å². The molecule has 0 radical (unpaired) electrons. The van der Waals surface area contributed by atoms with Crippen LogP contribution in [-0.4, -0.2) is 56.1 Å². The van der Waals surface area contributed by atoms with Crippen molar-refractivity contribution in [3.05, 3.63) is 64.0 Å². The lowest BCUT2D eigenvalue weighted by molar-refractivity contribution is 0.0646. The van der Waals surface area contributed by atoms with Crippen molar-refractivity contribution in [1.29, 1.82) is 0 Å². The second kappa shape index (κ2) is 9.62. The van der Waals surface area contributed by atoms with Gasteiger partial charge in [-0.3, -0.25) is 4.79 Å². The van der Waals surface area contributed by atoms with Crippen molar-refractivity contribution >= 4 is 35.1 Å². The maximum absolute atomic E-state index is 13.7. The van der Waals surface area contributed by atoms with Crippen LogP contribution in [0.1, 0.15) is 36.8 Å². The van der Waals surface area contributed by atoms with Gasteiger partial charge in [0.1, 0.15) is 18.1 Å². The summed E-state index contributed by atoms with van der Waals surface area (Å²) in [6.45, 7) is 5.95. The summed E-state index contributed by atoms with van der Waals surface area (Å²) >= 11 is 12.7. The molecule has 10 nitrogen and oxygen atoms in total. The van der Waals surface area contributed by atoms with Crippen LogP contribution in [0.25, 0.3) is 28.1 Å². The maximum Gasteiger partial charge on any atom is 0.339 e. The zero-order valence-electron chi connectivity index (χ0n) is 22.0. The number of nitrogens with two attached hydrogens (primary N) is 1. The molecule has 0 fully saturated rings. The molecule has 2 aromatic carbocycles. The van der Waals surface area contributed by atoms with Crippen molar-refractivity contribution in [2.75, 3.05) is 14.2 Å². The van der Waals surface area contributed by atoms with Gasteiger partial charge in [0.25, 0.3) is 5.91 Å². The Hall–Kier alpha value is -4.02. The van der Waals surface area contributed by atoms with Gasteiger partial charge in [0, 0.05) is 57.1 Å². The lowest BCUT2D eigenvalue weighted by Gasteiger charge is -2.31. The molecule has 5 rings (SSSR count). The number of hydrogen-bond acceptors (Lipinski definition) is 6. The smallest absolute Gasteiger partial charge is 0.339 e. The van der Waals surface area contributed by atoms with Crippen LogP contribution in [0.15, 0.2) is 42.7 Å². The number of halogens is 2. The lowest BCUT2D eigenvalue weighted by Crippen LogP contribution is -2.43. The topological polar surface area (TPSA) is 118 Å². The van der Waals surface area contributed by atoms with Crippen LogP contribution in [0.5, 0.6) is 11.5 Å². The molecule has 0 saturated carbocycles. The fourth-order valence-corrected chi connectivity index (χ4v) is 4.85. The van der Waals surface area contributed by atoms with Gasteiger partial charge in [-0.05, 0) is 45.0 Å². The van der Waals surface area contributed by atoms with Crippen LogP contribution in [0.3, 0.4) is 0 Å². The van der Waals surface area contributed by atoms with E-state index in [1.165, 1.54) is 19.5 Å². The Balaban J connectivity index is 1.78. The molecule has 39 heavy (non-hydrogen) atoms. The number of carbonyl (C=O) groups is 2. The van der Waals surface area contributed by atoms with E-state index in [9.17, 15) is 9.59 Å². The minimum absolute atomic E-state index is 0.109. The molecule has 1 aliphatic rings. The first kappa shape index (κ1) is 26.6. The summed E-state index contributed by atoms with van der Waals surface area (Å²) in [4.78, 5) is 27.0. The number of rotatable bonds is 4. The van der Waals surface area contributed by atoms with Gasteiger partial charge in [-0.1, -0.05) is 23.2 Å². The second-order valence-corrected chi connectivity index (χ2v) is 11.0. The summed E-state index contributed by atoms with van der Waals surface area (Å²) in [7, 11) is 3.27.